The smallest absolute Gasteiger partial charge is 0.257 e. The molecular formula is C13H16N4O. The molecule has 0 saturated carbocycles. The van der Waals surface area contributed by atoms with Crippen molar-refractivity contribution in [3.8, 4) is 0 Å². The van der Waals surface area contributed by atoms with Crippen LogP contribution in [-0.2, 0) is 4.79 Å². The molecule has 1 aromatic rings. The maximum Gasteiger partial charge on any atom is 0.257 e. The Morgan fingerprint density at radius 1 is 1.56 bits per heavy atom. The van der Waals surface area contributed by atoms with Crippen LogP contribution in [0.15, 0.2) is 36.6 Å². The van der Waals surface area contributed by atoms with E-state index < -0.39 is 0 Å². The number of nitrogens with zero attached hydrogens (tertiary/aromatic N) is 1. The van der Waals surface area contributed by atoms with Crippen molar-refractivity contribution in [2.45, 2.75) is 6.92 Å². The van der Waals surface area contributed by atoms with Crippen LogP contribution in [0.4, 0.5) is 11.4 Å². The average molecular weight is 244 g/mol. The van der Waals surface area contributed by atoms with Crippen molar-refractivity contribution in [2.75, 3.05) is 17.7 Å². The fourth-order valence-corrected chi connectivity index (χ4v) is 1.31. The number of aryl methyl sites for hydroxylation is 1. The van der Waals surface area contributed by atoms with Gasteiger partial charge in [0.05, 0.1) is 28.8 Å². The van der Waals surface area contributed by atoms with Gasteiger partial charge in [0.15, 0.2) is 0 Å². The zero-order valence-corrected chi connectivity index (χ0v) is 10.4. The highest BCUT2D eigenvalue weighted by atomic mass is 16.1. The number of hydrogen-bond donors (Lipinski definition) is 3. The van der Waals surface area contributed by atoms with Crippen molar-refractivity contribution in [3.63, 3.8) is 0 Å². The summed E-state index contributed by atoms with van der Waals surface area (Å²) in [6, 6.07) is 1.79. The van der Waals surface area contributed by atoms with E-state index in [0.29, 0.717) is 11.4 Å². The predicted octanol–water partition coefficient (Wildman–Crippen LogP) is 2.13. The van der Waals surface area contributed by atoms with Gasteiger partial charge in [-0.15, -0.1) is 0 Å². The fraction of sp³-hybridized carbons (Fsp3) is 0.154. The number of carbonyl (C=O) groups excluding carboxylic acids is 1. The average Bonchev–Trinajstić information content (AvgIpc) is 2.38. The van der Waals surface area contributed by atoms with Crippen molar-refractivity contribution in [1.29, 1.82) is 5.41 Å². The molecule has 1 aromatic heterocycles. The number of nitrogens with one attached hydrogen (secondary N) is 3. The van der Waals surface area contributed by atoms with Gasteiger partial charge in [-0.1, -0.05) is 12.7 Å². The van der Waals surface area contributed by atoms with Crippen LogP contribution in [0.3, 0.4) is 0 Å². The third-order valence-corrected chi connectivity index (χ3v) is 2.34. The zero-order valence-electron chi connectivity index (χ0n) is 10.4. The van der Waals surface area contributed by atoms with Gasteiger partial charge < -0.3 is 16.0 Å². The van der Waals surface area contributed by atoms with Gasteiger partial charge in [0.2, 0.25) is 0 Å². The van der Waals surface area contributed by atoms with Gasteiger partial charge in [0.25, 0.3) is 5.91 Å². The van der Waals surface area contributed by atoms with Gasteiger partial charge in [-0.25, -0.2) is 0 Å². The van der Waals surface area contributed by atoms with Crippen LogP contribution in [-0.4, -0.2) is 24.2 Å². The van der Waals surface area contributed by atoms with Crippen LogP contribution in [0.2, 0.25) is 0 Å². The Balaban J connectivity index is 2.96. The third-order valence-electron chi connectivity index (χ3n) is 2.34. The van der Waals surface area contributed by atoms with Crippen molar-refractivity contribution in [2.24, 2.45) is 0 Å². The van der Waals surface area contributed by atoms with E-state index in [1.807, 2.05) is 0 Å². The molecule has 1 amide bonds. The van der Waals surface area contributed by atoms with Crippen molar-refractivity contribution in [3.05, 3.63) is 42.3 Å². The van der Waals surface area contributed by atoms with E-state index in [2.05, 4.69) is 22.2 Å². The minimum absolute atomic E-state index is 0.235. The summed E-state index contributed by atoms with van der Waals surface area (Å²) in [4.78, 5) is 16.0. The van der Waals surface area contributed by atoms with E-state index in [9.17, 15) is 4.79 Å². The lowest BCUT2D eigenvalue weighted by Crippen LogP contribution is -2.16. The lowest BCUT2D eigenvalue weighted by Gasteiger charge is -2.09. The van der Waals surface area contributed by atoms with Crippen molar-refractivity contribution >= 4 is 23.5 Å². The quantitative estimate of drug-likeness (QED) is 0.422. The topological polar surface area (TPSA) is 77.9 Å². The number of hydrogen-bond acceptors (Lipinski definition) is 4. The van der Waals surface area contributed by atoms with E-state index in [-0.39, 0.29) is 11.5 Å². The zero-order chi connectivity index (χ0) is 13.5. The number of allylic oxidation sites excluding steroid dienone is 2. The van der Waals surface area contributed by atoms with Gasteiger partial charge in [-0.2, -0.15) is 0 Å². The minimum Gasteiger partial charge on any atom is -0.387 e. The summed E-state index contributed by atoms with van der Waals surface area (Å²) in [5.74, 6) is -0.358. The number of anilines is 2. The number of pyridine rings is 1. The van der Waals surface area contributed by atoms with Gasteiger partial charge >= 0.3 is 0 Å². The second kappa shape index (κ2) is 6.34. The second-order valence-corrected chi connectivity index (χ2v) is 3.56. The van der Waals surface area contributed by atoms with E-state index in [1.165, 1.54) is 12.2 Å². The standard InChI is InChI=1S/C13H16N4O/c1-4-5-10(7-14)13(18)17-12-6-11(15-3)8-16-9(12)2/h4-8,14-15H,1H2,2-3H3,(H,17,18). The highest BCUT2D eigenvalue weighted by molar-refractivity contribution is 6.17. The van der Waals surface area contributed by atoms with Crippen molar-refractivity contribution < 1.29 is 4.79 Å². The molecule has 0 bridgehead atoms. The summed E-state index contributed by atoms with van der Waals surface area (Å²) < 4.78 is 0. The second-order valence-electron chi connectivity index (χ2n) is 3.56. The molecule has 18 heavy (non-hydrogen) atoms. The van der Waals surface area contributed by atoms with Gasteiger partial charge in [-0.05, 0) is 19.1 Å². The first-order valence-corrected chi connectivity index (χ1v) is 5.41. The van der Waals surface area contributed by atoms with Gasteiger partial charge in [0.1, 0.15) is 0 Å². The molecule has 0 aliphatic rings. The molecule has 94 valence electrons. The predicted molar refractivity (Wildman–Crippen MR) is 74.2 cm³/mol. The highest BCUT2D eigenvalue weighted by Crippen LogP contribution is 2.17. The van der Waals surface area contributed by atoms with Crippen molar-refractivity contribution in [1.82, 2.24) is 4.98 Å². The normalized spacial score (nSPS) is 10.7. The molecule has 0 aromatic carbocycles. The van der Waals surface area contributed by atoms with Crippen LogP contribution in [0.25, 0.3) is 0 Å². The SMILES string of the molecule is C=CC=C(C=N)C(=O)Nc1cc(NC)cnc1C. The lowest BCUT2D eigenvalue weighted by molar-refractivity contribution is -0.112. The molecule has 1 heterocycles. The van der Waals surface area contributed by atoms with Crippen LogP contribution < -0.4 is 10.6 Å². The molecule has 1 rings (SSSR count). The molecule has 5 nitrogen and oxygen atoms in total. The minimum atomic E-state index is -0.358. The molecule has 0 radical (unpaired) electrons. The molecule has 0 saturated heterocycles. The Kier molecular flexibility index (Phi) is 4.80. The van der Waals surface area contributed by atoms with E-state index in [4.69, 9.17) is 5.41 Å². The number of amides is 1. The van der Waals surface area contributed by atoms with Gasteiger partial charge in [0, 0.05) is 13.3 Å². The molecule has 5 heteroatoms. The Labute approximate surface area is 106 Å². The van der Waals surface area contributed by atoms with E-state index in [0.717, 1.165) is 11.9 Å². The summed E-state index contributed by atoms with van der Waals surface area (Å²) in [5.41, 5.74) is 2.37. The number of aromatic nitrogens is 1. The molecule has 0 spiro atoms. The molecule has 3 N–H and O–H groups in total. The van der Waals surface area contributed by atoms with Gasteiger partial charge in [-0.3, -0.25) is 9.78 Å². The first-order valence-electron chi connectivity index (χ1n) is 5.41. The lowest BCUT2D eigenvalue weighted by atomic mass is 10.2. The van der Waals surface area contributed by atoms with Crippen LogP contribution >= 0.6 is 0 Å². The van der Waals surface area contributed by atoms with E-state index in [1.54, 1.807) is 26.2 Å². The molecular weight excluding hydrogens is 228 g/mol. The molecule has 0 aliphatic heterocycles. The maximum absolute atomic E-state index is 11.9. The largest absolute Gasteiger partial charge is 0.387 e. The molecule has 0 atom stereocenters. The summed E-state index contributed by atoms with van der Waals surface area (Å²) in [5, 5.41) is 12.8. The Morgan fingerprint density at radius 2 is 2.28 bits per heavy atom. The summed E-state index contributed by atoms with van der Waals surface area (Å²) in [6.45, 7) is 5.30. The Morgan fingerprint density at radius 3 is 2.83 bits per heavy atom. The summed E-state index contributed by atoms with van der Waals surface area (Å²) in [6.07, 6.45) is 5.62. The third kappa shape index (κ3) is 3.28. The van der Waals surface area contributed by atoms with Crippen LogP contribution in [0.1, 0.15) is 5.69 Å². The Hall–Kier alpha value is -2.43. The van der Waals surface area contributed by atoms with Crippen LogP contribution in [0.5, 0.6) is 0 Å². The first-order chi connectivity index (χ1) is 8.62. The number of carbonyl (C=O) groups is 1. The highest BCUT2D eigenvalue weighted by Gasteiger charge is 2.09. The maximum atomic E-state index is 11.9. The number of rotatable bonds is 5. The molecule has 0 aliphatic carbocycles. The first kappa shape index (κ1) is 13.6. The van der Waals surface area contributed by atoms with E-state index >= 15 is 0 Å². The fourth-order valence-electron chi connectivity index (χ4n) is 1.31. The molecule has 0 unspecified atom stereocenters. The monoisotopic (exact) mass is 244 g/mol. The Bertz CT molecular complexity index is 506. The summed E-state index contributed by atoms with van der Waals surface area (Å²) >= 11 is 0. The van der Waals surface area contributed by atoms with Crippen LogP contribution in [0, 0.1) is 12.3 Å². The molecule has 0 fully saturated rings. The summed E-state index contributed by atoms with van der Waals surface area (Å²) in [7, 11) is 1.78.